The van der Waals surface area contributed by atoms with Crippen molar-refractivity contribution in [2.75, 3.05) is 12.4 Å². The standard InChI is InChI=1S/C23H18ClN5O3S/c1-13-3-5-14(6-4-13)16-11-33-21-20(16)25-12-28-22(21)27-29(23(28)31)10-19(30)26-17-9-15(24)7-8-18(17)32-2/h3-9,11-12H,10H2,1-2H3,(H,26,30). The molecule has 3 aromatic heterocycles. The zero-order valence-corrected chi connectivity index (χ0v) is 19.3. The van der Waals surface area contributed by atoms with Gasteiger partial charge < -0.3 is 10.1 Å². The van der Waals surface area contributed by atoms with Crippen molar-refractivity contribution in [2.24, 2.45) is 0 Å². The van der Waals surface area contributed by atoms with Gasteiger partial charge in [0.15, 0.2) is 5.65 Å². The second-order valence-corrected chi connectivity index (χ2v) is 8.78. The van der Waals surface area contributed by atoms with E-state index in [1.807, 2.05) is 36.6 Å². The highest BCUT2D eigenvalue weighted by Gasteiger charge is 2.18. The minimum absolute atomic E-state index is 0.270. The Morgan fingerprint density at radius 2 is 2.00 bits per heavy atom. The van der Waals surface area contributed by atoms with Crippen LogP contribution in [0.25, 0.3) is 27.0 Å². The number of aromatic nitrogens is 4. The predicted octanol–water partition coefficient (Wildman–Crippen LogP) is 4.38. The number of anilines is 1. The SMILES string of the molecule is COc1ccc(Cl)cc1NC(=O)Cn1nc2c3scc(-c4ccc(C)cc4)c3ncn2c1=O. The van der Waals surface area contributed by atoms with Crippen LogP contribution in [0.3, 0.4) is 0 Å². The number of carbonyl (C=O) groups excluding carboxylic acids is 1. The molecule has 5 rings (SSSR count). The van der Waals surface area contributed by atoms with E-state index in [1.165, 1.54) is 34.7 Å². The molecule has 10 heteroatoms. The number of hydrogen-bond acceptors (Lipinski definition) is 6. The van der Waals surface area contributed by atoms with Gasteiger partial charge in [-0.25, -0.2) is 18.9 Å². The molecule has 0 atom stereocenters. The molecule has 3 heterocycles. The normalized spacial score (nSPS) is 11.2. The molecule has 1 amide bonds. The van der Waals surface area contributed by atoms with Crippen molar-refractivity contribution in [3.8, 4) is 16.9 Å². The van der Waals surface area contributed by atoms with E-state index in [4.69, 9.17) is 16.3 Å². The Kier molecular flexibility index (Phi) is 5.35. The Balaban J connectivity index is 1.49. The van der Waals surface area contributed by atoms with Gasteiger partial charge in [-0.05, 0) is 30.7 Å². The Hall–Kier alpha value is -3.69. The minimum Gasteiger partial charge on any atom is -0.495 e. The van der Waals surface area contributed by atoms with Crippen LogP contribution in [0.15, 0.2) is 59.0 Å². The summed E-state index contributed by atoms with van der Waals surface area (Å²) < 4.78 is 8.50. The van der Waals surface area contributed by atoms with Crippen molar-refractivity contribution >= 4 is 50.4 Å². The second kappa shape index (κ2) is 8.34. The van der Waals surface area contributed by atoms with Crippen LogP contribution < -0.4 is 15.7 Å². The fourth-order valence-corrected chi connectivity index (χ4v) is 4.75. The molecule has 0 fully saturated rings. The molecule has 8 nitrogen and oxygen atoms in total. The number of carbonyl (C=O) groups is 1. The lowest BCUT2D eigenvalue weighted by molar-refractivity contribution is -0.117. The van der Waals surface area contributed by atoms with Crippen LogP contribution in [0.2, 0.25) is 5.02 Å². The van der Waals surface area contributed by atoms with Crippen LogP contribution in [-0.4, -0.2) is 32.2 Å². The minimum atomic E-state index is -0.446. The summed E-state index contributed by atoms with van der Waals surface area (Å²) in [5, 5.41) is 9.60. The maximum Gasteiger partial charge on any atom is 0.352 e. The van der Waals surface area contributed by atoms with Gasteiger partial charge in [0.05, 0.1) is 23.0 Å². The van der Waals surface area contributed by atoms with E-state index in [9.17, 15) is 9.59 Å². The van der Waals surface area contributed by atoms with Crippen molar-refractivity contribution in [3.63, 3.8) is 0 Å². The number of hydrogen-bond donors (Lipinski definition) is 1. The maximum atomic E-state index is 12.9. The monoisotopic (exact) mass is 479 g/mol. The molecule has 0 aliphatic carbocycles. The van der Waals surface area contributed by atoms with E-state index >= 15 is 0 Å². The van der Waals surface area contributed by atoms with E-state index in [2.05, 4.69) is 15.4 Å². The van der Waals surface area contributed by atoms with Crippen molar-refractivity contribution in [3.05, 3.63) is 75.2 Å². The van der Waals surface area contributed by atoms with Crippen molar-refractivity contribution < 1.29 is 9.53 Å². The van der Waals surface area contributed by atoms with Gasteiger partial charge in [0.2, 0.25) is 5.91 Å². The molecule has 2 aromatic carbocycles. The zero-order valence-electron chi connectivity index (χ0n) is 17.7. The zero-order chi connectivity index (χ0) is 23.1. The molecule has 166 valence electrons. The van der Waals surface area contributed by atoms with Crippen LogP contribution in [-0.2, 0) is 11.3 Å². The van der Waals surface area contributed by atoms with Crippen molar-refractivity contribution in [1.29, 1.82) is 0 Å². The van der Waals surface area contributed by atoms with Crippen molar-refractivity contribution in [2.45, 2.75) is 13.5 Å². The fourth-order valence-electron chi connectivity index (χ4n) is 3.58. The van der Waals surface area contributed by atoms with Crippen LogP contribution in [0.5, 0.6) is 5.75 Å². The Bertz CT molecular complexity index is 1570. The average Bonchev–Trinajstić information content (AvgIpc) is 3.36. The third-order valence-electron chi connectivity index (χ3n) is 5.23. The molecule has 1 N–H and O–H groups in total. The molecular formula is C23H18ClN5O3S. The molecule has 0 spiro atoms. The number of amides is 1. The summed E-state index contributed by atoms with van der Waals surface area (Å²) in [5.41, 5.74) is 4.39. The molecule has 0 aliphatic heterocycles. The number of thiophene rings is 1. The van der Waals surface area contributed by atoms with E-state index in [1.54, 1.807) is 18.2 Å². The number of nitrogens with one attached hydrogen (secondary N) is 1. The van der Waals surface area contributed by atoms with Crippen LogP contribution in [0, 0.1) is 6.92 Å². The summed E-state index contributed by atoms with van der Waals surface area (Å²) in [4.78, 5) is 30.0. The highest BCUT2D eigenvalue weighted by molar-refractivity contribution is 7.18. The largest absolute Gasteiger partial charge is 0.495 e. The summed E-state index contributed by atoms with van der Waals surface area (Å²) in [5.74, 6) is 0.0278. The van der Waals surface area contributed by atoms with E-state index in [0.717, 1.165) is 26.0 Å². The molecule has 0 unspecified atom stereocenters. The second-order valence-electron chi connectivity index (χ2n) is 7.46. The smallest absolute Gasteiger partial charge is 0.352 e. The highest BCUT2D eigenvalue weighted by atomic mass is 35.5. The lowest BCUT2D eigenvalue weighted by Crippen LogP contribution is -2.28. The summed E-state index contributed by atoms with van der Waals surface area (Å²) in [7, 11) is 1.50. The summed E-state index contributed by atoms with van der Waals surface area (Å²) in [6.07, 6.45) is 1.45. The lowest BCUT2D eigenvalue weighted by atomic mass is 10.1. The maximum absolute atomic E-state index is 12.9. The number of fused-ring (bicyclic) bond motifs is 3. The van der Waals surface area contributed by atoms with Crippen LogP contribution >= 0.6 is 22.9 Å². The third-order valence-corrected chi connectivity index (χ3v) is 6.43. The summed E-state index contributed by atoms with van der Waals surface area (Å²) in [6, 6.07) is 13.1. The van der Waals surface area contributed by atoms with Gasteiger partial charge in [0, 0.05) is 16.0 Å². The first-order valence-corrected chi connectivity index (χ1v) is 11.3. The molecule has 0 radical (unpaired) electrons. The first-order chi connectivity index (χ1) is 15.9. The fraction of sp³-hybridized carbons (Fsp3) is 0.130. The highest BCUT2D eigenvalue weighted by Crippen LogP contribution is 2.34. The molecule has 0 aliphatic rings. The van der Waals surface area contributed by atoms with E-state index < -0.39 is 11.6 Å². The topological polar surface area (TPSA) is 90.5 Å². The summed E-state index contributed by atoms with van der Waals surface area (Å²) in [6.45, 7) is 1.77. The van der Waals surface area contributed by atoms with E-state index in [0.29, 0.717) is 22.1 Å². The van der Waals surface area contributed by atoms with Crippen LogP contribution in [0.4, 0.5) is 5.69 Å². The Labute approximate surface area is 197 Å². The van der Waals surface area contributed by atoms with Gasteiger partial charge in [0.25, 0.3) is 0 Å². The van der Waals surface area contributed by atoms with Gasteiger partial charge >= 0.3 is 5.69 Å². The number of nitrogens with zero attached hydrogens (tertiary/aromatic N) is 4. The number of rotatable bonds is 5. The van der Waals surface area contributed by atoms with Gasteiger partial charge in [-0.1, -0.05) is 41.4 Å². The molecular weight excluding hydrogens is 462 g/mol. The number of ether oxygens (including phenoxy) is 1. The number of benzene rings is 2. The van der Waals surface area contributed by atoms with Gasteiger partial charge in [-0.2, -0.15) is 0 Å². The molecule has 0 bridgehead atoms. The van der Waals surface area contributed by atoms with E-state index in [-0.39, 0.29) is 6.54 Å². The summed E-state index contributed by atoms with van der Waals surface area (Å²) >= 11 is 7.48. The Morgan fingerprint density at radius 3 is 2.76 bits per heavy atom. The third kappa shape index (κ3) is 3.85. The van der Waals surface area contributed by atoms with Crippen molar-refractivity contribution in [1.82, 2.24) is 19.2 Å². The first kappa shape index (κ1) is 21.2. The lowest BCUT2D eigenvalue weighted by Gasteiger charge is -2.10. The number of methoxy groups -OCH3 is 1. The first-order valence-electron chi connectivity index (χ1n) is 10.0. The average molecular weight is 480 g/mol. The van der Waals surface area contributed by atoms with Gasteiger partial charge in [-0.15, -0.1) is 16.4 Å². The number of halogens is 1. The Morgan fingerprint density at radius 1 is 1.21 bits per heavy atom. The quantitative estimate of drug-likeness (QED) is 0.404. The molecule has 33 heavy (non-hydrogen) atoms. The van der Waals surface area contributed by atoms with Gasteiger partial charge in [0.1, 0.15) is 18.6 Å². The predicted molar refractivity (Wildman–Crippen MR) is 129 cm³/mol. The van der Waals surface area contributed by atoms with Gasteiger partial charge in [-0.3, -0.25) is 4.79 Å². The molecule has 0 saturated heterocycles. The van der Waals surface area contributed by atoms with Crippen LogP contribution in [0.1, 0.15) is 5.56 Å². The molecule has 5 aromatic rings. The molecule has 0 saturated carbocycles. The number of aryl methyl sites for hydroxylation is 1.